The normalized spacial score (nSPS) is 17.9. The Morgan fingerprint density at radius 3 is 2.36 bits per heavy atom. The molecule has 1 nitrogen and oxygen atoms in total. The molecule has 72 valence electrons. The summed E-state index contributed by atoms with van der Waals surface area (Å²) in [5.41, 5.74) is 0.251. The van der Waals surface area contributed by atoms with Crippen molar-refractivity contribution in [2.75, 3.05) is 0 Å². The van der Waals surface area contributed by atoms with Crippen molar-refractivity contribution in [2.24, 2.45) is 0 Å². The molecule has 1 aromatic rings. The Labute approximate surface area is 92.3 Å². The Kier molecular flexibility index (Phi) is 2.62. The summed E-state index contributed by atoms with van der Waals surface area (Å²) in [6, 6.07) is 7.79. The Morgan fingerprint density at radius 2 is 1.86 bits per heavy atom. The number of hydrogen-bond acceptors (Lipinski definition) is 1. The SMILES string of the molecule is OC1(C#Cc2ccc(Br)cc2)CCC1. The third-order valence-corrected chi connectivity index (χ3v) is 2.99. The number of benzene rings is 1. The number of hydrogen-bond donors (Lipinski definition) is 1. The molecule has 0 saturated heterocycles. The van der Waals surface area contributed by atoms with Crippen molar-refractivity contribution >= 4 is 15.9 Å². The summed E-state index contributed by atoms with van der Waals surface area (Å²) in [4.78, 5) is 0. The molecule has 0 unspecified atom stereocenters. The maximum Gasteiger partial charge on any atom is 0.125 e. The zero-order valence-electron chi connectivity index (χ0n) is 7.76. The van der Waals surface area contributed by atoms with E-state index in [1.54, 1.807) is 0 Å². The summed E-state index contributed by atoms with van der Waals surface area (Å²) < 4.78 is 1.05. The van der Waals surface area contributed by atoms with Crippen molar-refractivity contribution in [1.82, 2.24) is 0 Å². The Morgan fingerprint density at radius 1 is 1.21 bits per heavy atom. The van der Waals surface area contributed by atoms with E-state index in [9.17, 15) is 5.11 Å². The third kappa shape index (κ3) is 2.17. The van der Waals surface area contributed by atoms with E-state index in [1.807, 2.05) is 24.3 Å². The van der Waals surface area contributed by atoms with Crippen LogP contribution in [-0.4, -0.2) is 10.7 Å². The van der Waals surface area contributed by atoms with Crippen LogP contribution in [-0.2, 0) is 0 Å². The Balaban J connectivity index is 2.13. The van der Waals surface area contributed by atoms with Crippen molar-refractivity contribution in [1.29, 1.82) is 0 Å². The highest BCUT2D eigenvalue weighted by molar-refractivity contribution is 9.10. The summed E-state index contributed by atoms with van der Waals surface area (Å²) >= 11 is 3.36. The fourth-order valence-electron chi connectivity index (χ4n) is 1.36. The van der Waals surface area contributed by atoms with Gasteiger partial charge in [-0.25, -0.2) is 0 Å². The van der Waals surface area contributed by atoms with Crippen molar-refractivity contribution < 1.29 is 5.11 Å². The zero-order chi connectivity index (χ0) is 10.0. The van der Waals surface area contributed by atoms with E-state index in [-0.39, 0.29) is 0 Å². The van der Waals surface area contributed by atoms with Crippen LogP contribution < -0.4 is 0 Å². The van der Waals surface area contributed by atoms with Gasteiger partial charge in [0.25, 0.3) is 0 Å². The molecule has 0 amide bonds. The zero-order valence-corrected chi connectivity index (χ0v) is 9.34. The molecule has 1 fully saturated rings. The topological polar surface area (TPSA) is 20.2 Å². The molecular formula is C12H11BrO. The second-order valence-corrected chi connectivity index (χ2v) is 4.56. The van der Waals surface area contributed by atoms with Crippen LogP contribution in [0.15, 0.2) is 28.7 Å². The molecule has 0 heterocycles. The van der Waals surface area contributed by atoms with Crippen molar-refractivity contribution in [3.8, 4) is 11.8 Å². The lowest BCUT2D eigenvalue weighted by atomic mass is 9.81. The highest BCUT2D eigenvalue weighted by atomic mass is 79.9. The average Bonchev–Trinajstić information content (AvgIpc) is 2.14. The van der Waals surface area contributed by atoms with E-state index in [2.05, 4.69) is 27.8 Å². The molecule has 1 saturated carbocycles. The summed E-state index contributed by atoms with van der Waals surface area (Å²) in [5, 5.41) is 9.74. The maximum atomic E-state index is 9.74. The van der Waals surface area contributed by atoms with Gasteiger partial charge in [-0.15, -0.1) is 0 Å². The van der Waals surface area contributed by atoms with Crippen LogP contribution in [0.2, 0.25) is 0 Å². The first-order chi connectivity index (χ1) is 6.68. The van der Waals surface area contributed by atoms with Crippen LogP contribution in [0.25, 0.3) is 0 Å². The van der Waals surface area contributed by atoms with Gasteiger partial charge in [0.1, 0.15) is 5.60 Å². The van der Waals surface area contributed by atoms with Gasteiger partial charge in [-0.1, -0.05) is 27.8 Å². The third-order valence-electron chi connectivity index (χ3n) is 2.46. The van der Waals surface area contributed by atoms with E-state index in [0.29, 0.717) is 0 Å². The first-order valence-corrected chi connectivity index (χ1v) is 5.48. The van der Waals surface area contributed by atoms with E-state index in [4.69, 9.17) is 0 Å². The fourth-order valence-corrected chi connectivity index (χ4v) is 1.62. The standard InChI is InChI=1S/C12H11BrO/c13-11-4-2-10(3-5-11)6-9-12(14)7-1-8-12/h2-5,14H,1,7-8H2. The molecule has 1 aliphatic rings. The minimum absolute atomic E-state index is 0.701. The molecule has 0 bridgehead atoms. The smallest absolute Gasteiger partial charge is 0.125 e. The molecule has 1 N–H and O–H groups in total. The van der Waals surface area contributed by atoms with E-state index in [0.717, 1.165) is 29.3 Å². The molecule has 0 spiro atoms. The van der Waals surface area contributed by atoms with Gasteiger partial charge >= 0.3 is 0 Å². The van der Waals surface area contributed by atoms with Crippen LogP contribution in [0.4, 0.5) is 0 Å². The van der Waals surface area contributed by atoms with Crippen LogP contribution >= 0.6 is 15.9 Å². The summed E-state index contributed by atoms with van der Waals surface area (Å²) in [6.07, 6.45) is 2.72. The molecule has 0 radical (unpaired) electrons. The minimum Gasteiger partial charge on any atom is -0.378 e. The maximum absolute atomic E-state index is 9.74. The molecule has 2 rings (SSSR count). The predicted molar refractivity (Wildman–Crippen MR) is 59.8 cm³/mol. The second kappa shape index (κ2) is 3.76. The molecule has 0 atom stereocenters. The summed E-state index contributed by atoms with van der Waals surface area (Å²) in [6.45, 7) is 0. The molecule has 2 heteroatoms. The molecule has 0 aliphatic heterocycles. The molecule has 0 aromatic heterocycles. The number of halogens is 1. The molecule has 1 aliphatic carbocycles. The van der Waals surface area contributed by atoms with Gasteiger partial charge in [0.15, 0.2) is 0 Å². The fraction of sp³-hybridized carbons (Fsp3) is 0.333. The van der Waals surface area contributed by atoms with Gasteiger partial charge in [-0.3, -0.25) is 0 Å². The predicted octanol–water partition coefficient (Wildman–Crippen LogP) is 2.72. The van der Waals surface area contributed by atoms with E-state index >= 15 is 0 Å². The highest BCUT2D eigenvalue weighted by Gasteiger charge is 2.31. The summed E-state index contributed by atoms with van der Waals surface area (Å²) in [5.74, 6) is 5.91. The molecular weight excluding hydrogens is 240 g/mol. The van der Waals surface area contributed by atoms with Gasteiger partial charge in [0.2, 0.25) is 0 Å². The number of aliphatic hydroxyl groups is 1. The molecule has 1 aromatic carbocycles. The van der Waals surface area contributed by atoms with Gasteiger partial charge in [-0.05, 0) is 43.5 Å². The monoisotopic (exact) mass is 250 g/mol. The molecule has 14 heavy (non-hydrogen) atoms. The number of rotatable bonds is 0. The van der Waals surface area contributed by atoms with Gasteiger partial charge in [0.05, 0.1) is 0 Å². The van der Waals surface area contributed by atoms with Gasteiger partial charge in [-0.2, -0.15) is 0 Å². The van der Waals surface area contributed by atoms with Crippen LogP contribution in [0, 0.1) is 11.8 Å². The quantitative estimate of drug-likeness (QED) is 0.703. The average molecular weight is 251 g/mol. The van der Waals surface area contributed by atoms with Gasteiger partial charge in [0, 0.05) is 10.0 Å². The van der Waals surface area contributed by atoms with Crippen LogP contribution in [0.1, 0.15) is 24.8 Å². The van der Waals surface area contributed by atoms with Crippen molar-refractivity contribution in [3.05, 3.63) is 34.3 Å². The van der Waals surface area contributed by atoms with E-state index in [1.165, 1.54) is 0 Å². The first kappa shape index (κ1) is 9.76. The summed E-state index contributed by atoms with van der Waals surface area (Å²) in [7, 11) is 0. The van der Waals surface area contributed by atoms with Crippen LogP contribution in [0.5, 0.6) is 0 Å². The second-order valence-electron chi connectivity index (χ2n) is 3.64. The Hall–Kier alpha value is -0.780. The lowest BCUT2D eigenvalue weighted by Crippen LogP contribution is -2.34. The largest absolute Gasteiger partial charge is 0.378 e. The Bertz CT molecular complexity index is 379. The van der Waals surface area contributed by atoms with Gasteiger partial charge < -0.3 is 5.11 Å². The van der Waals surface area contributed by atoms with E-state index < -0.39 is 5.60 Å². The highest BCUT2D eigenvalue weighted by Crippen LogP contribution is 2.30. The van der Waals surface area contributed by atoms with Crippen molar-refractivity contribution in [2.45, 2.75) is 24.9 Å². The lowest BCUT2D eigenvalue weighted by molar-refractivity contribution is 0.0240. The lowest BCUT2D eigenvalue weighted by Gasteiger charge is -2.30. The minimum atomic E-state index is -0.701. The van der Waals surface area contributed by atoms with Crippen molar-refractivity contribution in [3.63, 3.8) is 0 Å². The first-order valence-electron chi connectivity index (χ1n) is 4.69. The van der Waals surface area contributed by atoms with Crippen LogP contribution in [0.3, 0.4) is 0 Å².